The molecule has 1 aliphatic carbocycles. The van der Waals surface area contributed by atoms with Gasteiger partial charge in [0.1, 0.15) is 17.4 Å². The molecule has 2 aromatic rings. The second-order valence-corrected chi connectivity index (χ2v) is 11.1. The summed E-state index contributed by atoms with van der Waals surface area (Å²) >= 11 is 5.55. The van der Waals surface area contributed by atoms with Gasteiger partial charge in [-0.05, 0) is 80.5 Å². The molecule has 1 aromatic heterocycles. The van der Waals surface area contributed by atoms with Gasteiger partial charge in [0.25, 0.3) is 11.8 Å². The normalized spacial score (nSPS) is 22.3. The third-order valence-corrected chi connectivity index (χ3v) is 8.32. The number of pyridine rings is 1. The molecule has 1 atom stereocenters. The number of alkyl halides is 3. The summed E-state index contributed by atoms with van der Waals surface area (Å²) in [5.74, 6) is -1.94. The first kappa shape index (κ1) is 27.9. The number of hydrogen-bond acceptors (Lipinski definition) is 6. The minimum atomic E-state index is -4.88. The van der Waals surface area contributed by atoms with Crippen LogP contribution < -0.4 is 20.4 Å². The van der Waals surface area contributed by atoms with E-state index < -0.39 is 40.6 Å². The van der Waals surface area contributed by atoms with Gasteiger partial charge in [-0.1, -0.05) is 6.92 Å². The number of nitrogens with one attached hydrogen (secondary N) is 2. The Morgan fingerprint density at radius 1 is 1.23 bits per heavy atom. The van der Waals surface area contributed by atoms with Crippen LogP contribution in [0.2, 0.25) is 0 Å². The second-order valence-electron chi connectivity index (χ2n) is 10.8. The fraction of sp³-hybridized carbons (Fsp3) is 0.444. The molecular formula is C27H26F4N6O2S. The molecule has 1 saturated carbocycles. The van der Waals surface area contributed by atoms with Gasteiger partial charge in [-0.2, -0.15) is 18.4 Å². The third kappa shape index (κ3) is 4.69. The molecule has 40 heavy (non-hydrogen) atoms. The predicted octanol–water partition coefficient (Wildman–Crippen LogP) is 4.29. The number of halogens is 4. The summed E-state index contributed by atoms with van der Waals surface area (Å²) in [6.07, 6.45) is -0.599. The Morgan fingerprint density at radius 2 is 1.98 bits per heavy atom. The maximum absolute atomic E-state index is 15.3. The van der Waals surface area contributed by atoms with Gasteiger partial charge in [0, 0.05) is 18.8 Å². The van der Waals surface area contributed by atoms with Gasteiger partial charge in [0.2, 0.25) is 0 Å². The highest BCUT2D eigenvalue weighted by Crippen LogP contribution is 2.48. The van der Waals surface area contributed by atoms with E-state index in [0.29, 0.717) is 31.9 Å². The maximum atomic E-state index is 15.3. The molecule has 8 nitrogen and oxygen atoms in total. The molecule has 1 spiro atoms. The van der Waals surface area contributed by atoms with Crippen LogP contribution in [-0.2, 0) is 11.0 Å². The van der Waals surface area contributed by atoms with Gasteiger partial charge < -0.3 is 15.5 Å². The standard InChI is InChI=1S/C27H26F4N6O2S/c1-25(6-3-9-33-14-25)15-35-22(38)18-5-4-16(11-20(18)28)37-24(40)36(23(39)26(37)7-2-8-26)17-10-19(27(29,30)31)21(12-32)34-13-17/h4-5,10-11,13,33H,2-3,6-9,14-15H2,1H3,(H,35,38)/t25-/m1/s1. The lowest BCUT2D eigenvalue weighted by Crippen LogP contribution is -2.55. The van der Waals surface area contributed by atoms with Crippen molar-refractivity contribution in [2.75, 3.05) is 29.4 Å². The van der Waals surface area contributed by atoms with Gasteiger partial charge in [-0.25, -0.2) is 9.37 Å². The number of nitriles is 1. The van der Waals surface area contributed by atoms with E-state index in [-0.39, 0.29) is 27.5 Å². The Morgan fingerprint density at radius 3 is 2.55 bits per heavy atom. The van der Waals surface area contributed by atoms with Gasteiger partial charge in [0.15, 0.2) is 10.8 Å². The predicted molar refractivity (Wildman–Crippen MR) is 142 cm³/mol. The Balaban J connectivity index is 1.43. The number of rotatable bonds is 5. The number of amides is 2. The van der Waals surface area contributed by atoms with E-state index in [1.165, 1.54) is 23.1 Å². The zero-order valence-electron chi connectivity index (χ0n) is 21.6. The van der Waals surface area contributed by atoms with Crippen LogP contribution >= 0.6 is 12.2 Å². The Kier molecular flexibility index (Phi) is 7.04. The van der Waals surface area contributed by atoms with Crippen molar-refractivity contribution in [1.29, 1.82) is 5.26 Å². The summed E-state index contributed by atoms with van der Waals surface area (Å²) in [6.45, 7) is 4.09. The molecule has 3 aliphatic rings. The average Bonchev–Trinajstić information content (AvgIpc) is 3.13. The van der Waals surface area contributed by atoms with E-state index in [0.717, 1.165) is 43.1 Å². The van der Waals surface area contributed by atoms with Crippen LogP contribution in [0.3, 0.4) is 0 Å². The summed E-state index contributed by atoms with van der Waals surface area (Å²) < 4.78 is 56.0. The fourth-order valence-corrected chi connectivity index (χ4v) is 6.04. The van der Waals surface area contributed by atoms with Gasteiger partial charge in [-0.3, -0.25) is 14.5 Å². The Hall–Kier alpha value is -3.63. The Bertz CT molecular complexity index is 1430. The lowest BCUT2D eigenvalue weighted by molar-refractivity contribution is -0.138. The number of carbonyl (C=O) groups is 2. The number of nitrogens with zero attached hydrogens (tertiary/aromatic N) is 4. The number of piperidine rings is 1. The van der Waals surface area contributed by atoms with Gasteiger partial charge in [-0.15, -0.1) is 0 Å². The van der Waals surface area contributed by atoms with E-state index in [2.05, 4.69) is 22.5 Å². The summed E-state index contributed by atoms with van der Waals surface area (Å²) in [5, 5.41) is 15.0. The minimum absolute atomic E-state index is 0.140. The topological polar surface area (TPSA) is 101 Å². The van der Waals surface area contributed by atoms with Crippen LogP contribution in [0, 0.1) is 22.6 Å². The number of aromatic nitrogens is 1. The molecule has 0 bridgehead atoms. The molecule has 5 rings (SSSR count). The average molecular weight is 575 g/mol. The van der Waals surface area contributed by atoms with Crippen molar-refractivity contribution in [3.05, 3.63) is 53.1 Å². The van der Waals surface area contributed by atoms with E-state index in [1.807, 2.05) is 0 Å². The number of carbonyl (C=O) groups excluding carboxylic acids is 2. The Labute approximate surface area is 233 Å². The van der Waals surface area contributed by atoms with Crippen molar-refractivity contribution in [3.8, 4) is 6.07 Å². The maximum Gasteiger partial charge on any atom is 0.419 e. The largest absolute Gasteiger partial charge is 0.419 e. The van der Waals surface area contributed by atoms with Gasteiger partial charge in [0.05, 0.1) is 23.0 Å². The number of thiocarbonyl (C=S) groups is 1. The van der Waals surface area contributed by atoms with Crippen LogP contribution in [0.25, 0.3) is 0 Å². The van der Waals surface area contributed by atoms with Crippen LogP contribution in [0.5, 0.6) is 0 Å². The number of hydrogen-bond donors (Lipinski definition) is 2. The summed E-state index contributed by atoms with van der Waals surface area (Å²) in [6, 6.07) is 5.98. The monoisotopic (exact) mass is 574 g/mol. The van der Waals surface area contributed by atoms with E-state index in [9.17, 15) is 22.8 Å². The smallest absolute Gasteiger partial charge is 0.351 e. The SMILES string of the molecule is C[C@@]1(CNC(=O)c2ccc(N3C(=S)N(c4cnc(C#N)c(C(F)(F)F)c4)C(=O)C34CCC4)cc2F)CCCNC1. The molecular weight excluding hydrogens is 548 g/mol. The molecule has 3 heterocycles. The van der Waals surface area contributed by atoms with Crippen molar-refractivity contribution < 1.29 is 27.2 Å². The highest BCUT2D eigenvalue weighted by atomic mass is 32.1. The van der Waals surface area contributed by atoms with E-state index in [4.69, 9.17) is 17.5 Å². The first-order chi connectivity index (χ1) is 18.9. The van der Waals surface area contributed by atoms with Crippen LogP contribution in [-0.4, -0.2) is 47.1 Å². The zero-order chi connectivity index (χ0) is 28.9. The van der Waals surface area contributed by atoms with Crippen LogP contribution in [0.15, 0.2) is 30.5 Å². The number of anilines is 2. The van der Waals surface area contributed by atoms with Crippen LogP contribution in [0.1, 0.15) is 60.6 Å². The zero-order valence-corrected chi connectivity index (χ0v) is 22.4. The van der Waals surface area contributed by atoms with Crippen LogP contribution in [0.4, 0.5) is 28.9 Å². The molecule has 210 valence electrons. The molecule has 13 heteroatoms. The lowest BCUT2D eigenvalue weighted by atomic mass is 9.75. The molecule has 2 aliphatic heterocycles. The molecule has 3 fully saturated rings. The van der Waals surface area contributed by atoms with Crippen molar-refractivity contribution in [2.24, 2.45) is 5.41 Å². The molecule has 1 aromatic carbocycles. The molecule has 2 N–H and O–H groups in total. The second kappa shape index (κ2) is 10.1. The highest BCUT2D eigenvalue weighted by Gasteiger charge is 2.60. The van der Waals surface area contributed by atoms with Crippen molar-refractivity contribution >= 4 is 40.5 Å². The van der Waals surface area contributed by atoms with Crippen molar-refractivity contribution in [2.45, 2.75) is 50.7 Å². The van der Waals surface area contributed by atoms with E-state index in [1.54, 1.807) is 0 Å². The molecule has 0 radical (unpaired) electrons. The molecule has 2 saturated heterocycles. The third-order valence-electron chi connectivity index (χ3n) is 7.95. The lowest BCUT2D eigenvalue weighted by Gasteiger charge is -2.43. The van der Waals surface area contributed by atoms with Crippen molar-refractivity contribution in [3.63, 3.8) is 0 Å². The molecule has 2 amide bonds. The summed E-state index contributed by atoms with van der Waals surface area (Å²) in [7, 11) is 0. The van der Waals surface area contributed by atoms with E-state index >= 15 is 4.39 Å². The summed E-state index contributed by atoms with van der Waals surface area (Å²) in [4.78, 5) is 32.4. The first-order valence-electron chi connectivity index (χ1n) is 12.8. The molecule has 0 unspecified atom stereocenters. The van der Waals surface area contributed by atoms with Gasteiger partial charge >= 0.3 is 6.18 Å². The summed E-state index contributed by atoms with van der Waals surface area (Å²) in [5.41, 5.74) is -3.65. The minimum Gasteiger partial charge on any atom is -0.351 e. The van der Waals surface area contributed by atoms with Crippen molar-refractivity contribution in [1.82, 2.24) is 15.6 Å². The highest BCUT2D eigenvalue weighted by molar-refractivity contribution is 7.81. The fourth-order valence-electron chi connectivity index (χ4n) is 5.58. The first-order valence-corrected chi connectivity index (χ1v) is 13.3. The number of benzene rings is 1. The quantitative estimate of drug-likeness (QED) is 0.406.